The summed E-state index contributed by atoms with van der Waals surface area (Å²) in [4.78, 5) is 20.9. The van der Waals surface area contributed by atoms with Crippen molar-refractivity contribution in [3.8, 4) is 5.75 Å². The Kier molecular flexibility index (Phi) is 5.40. The molecule has 8 nitrogen and oxygen atoms in total. The number of aryl methyl sites for hydroxylation is 1. The van der Waals surface area contributed by atoms with Gasteiger partial charge in [0, 0.05) is 33.2 Å². The monoisotopic (exact) mass is 403 g/mol. The summed E-state index contributed by atoms with van der Waals surface area (Å²) < 4.78 is 20.3. The number of hydrogen-bond donors (Lipinski definition) is 1. The van der Waals surface area contributed by atoms with E-state index in [0.717, 1.165) is 31.9 Å². The first-order chi connectivity index (χ1) is 13.9. The molecule has 1 spiro atoms. The van der Waals surface area contributed by atoms with Gasteiger partial charge in [-0.05, 0) is 48.9 Å². The van der Waals surface area contributed by atoms with E-state index in [-0.39, 0.29) is 23.7 Å². The Morgan fingerprint density at radius 2 is 2.03 bits per heavy atom. The standard InChI is InChI=1S/C20H26FN5O3/c1-24-19(22-14-23-24)25-8-6-20(7-9-25)10-16(27)11-26(13-20)18(28)12-29-17-4-2-15(21)3-5-17/h2-5,14,16,27H,6-13H2,1H3. The third-order valence-corrected chi connectivity index (χ3v) is 5.95. The van der Waals surface area contributed by atoms with E-state index in [1.54, 1.807) is 15.9 Å². The molecule has 0 bridgehead atoms. The number of carbonyl (C=O) groups excluding carboxylic acids is 1. The van der Waals surface area contributed by atoms with E-state index in [4.69, 9.17) is 4.74 Å². The van der Waals surface area contributed by atoms with Gasteiger partial charge in [0.1, 0.15) is 17.9 Å². The second-order valence-electron chi connectivity index (χ2n) is 8.05. The van der Waals surface area contributed by atoms with Gasteiger partial charge in [-0.15, -0.1) is 0 Å². The summed E-state index contributed by atoms with van der Waals surface area (Å²) in [5.74, 6) is 0.779. The number of halogens is 1. The highest BCUT2D eigenvalue weighted by Crippen LogP contribution is 2.40. The van der Waals surface area contributed by atoms with Crippen molar-refractivity contribution in [2.75, 3.05) is 37.7 Å². The van der Waals surface area contributed by atoms with Crippen molar-refractivity contribution < 1.29 is 19.0 Å². The van der Waals surface area contributed by atoms with Crippen LogP contribution in [-0.2, 0) is 11.8 Å². The number of amides is 1. The molecular formula is C20H26FN5O3. The number of benzene rings is 1. The molecule has 2 saturated heterocycles. The van der Waals surface area contributed by atoms with Crippen LogP contribution < -0.4 is 9.64 Å². The van der Waals surface area contributed by atoms with Crippen LogP contribution in [0.2, 0.25) is 0 Å². The number of aliphatic hydroxyl groups is 1. The fourth-order valence-corrected chi connectivity index (χ4v) is 4.43. The summed E-state index contributed by atoms with van der Waals surface area (Å²) in [5.41, 5.74) is -0.0989. The molecule has 1 unspecified atom stereocenters. The maximum atomic E-state index is 13.0. The van der Waals surface area contributed by atoms with Crippen LogP contribution in [0.4, 0.5) is 10.3 Å². The average Bonchev–Trinajstić information content (AvgIpc) is 3.13. The number of rotatable bonds is 4. The van der Waals surface area contributed by atoms with E-state index >= 15 is 0 Å². The van der Waals surface area contributed by atoms with Crippen molar-refractivity contribution >= 4 is 11.9 Å². The zero-order valence-electron chi connectivity index (χ0n) is 16.5. The van der Waals surface area contributed by atoms with Gasteiger partial charge >= 0.3 is 0 Å². The number of nitrogens with zero attached hydrogens (tertiary/aromatic N) is 5. The summed E-state index contributed by atoms with van der Waals surface area (Å²) in [7, 11) is 1.87. The van der Waals surface area contributed by atoms with Gasteiger partial charge in [-0.3, -0.25) is 4.79 Å². The second-order valence-corrected chi connectivity index (χ2v) is 8.05. The first-order valence-corrected chi connectivity index (χ1v) is 9.87. The quantitative estimate of drug-likeness (QED) is 0.826. The molecule has 2 aromatic rings. The van der Waals surface area contributed by atoms with Crippen LogP contribution in [0, 0.1) is 11.2 Å². The molecule has 9 heteroatoms. The zero-order valence-corrected chi connectivity index (χ0v) is 16.5. The van der Waals surface area contributed by atoms with Crippen LogP contribution in [-0.4, -0.2) is 69.6 Å². The predicted molar refractivity (Wildman–Crippen MR) is 104 cm³/mol. The molecule has 1 aromatic carbocycles. The number of aliphatic hydroxyl groups excluding tert-OH is 1. The lowest BCUT2D eigenvalue weighted by molar-refractivity contribution is -0.141. The fourth-order valence-electron chi connectivity index (χ4n) is 4.43. The lowest BCUT2D eigenvalue weighted by atomic mass is 9.71. The average molecular weight is 403 g/mol. The van der Waals surface area contributed by atoms with Crippen LogP contribution in [0.3, 0.4) is 0 Å². The Balaban J connectivity index is 1.36. The van der Waals surface area contributed by atoms with Gasteiger partial charge < -0.3 is 19.6 Å². The molecule has 4 rings (SSSR count). The van der Waals surface area contributed by atoms with Crippen LogP contribution in [0.15, 0.2) is 30.6 Å². The summed E-state index contributed by atoms with van der Waals surface area (Å²) in [5, 5.41) is 14.6. The van der Waals surface area contributed by atoms with E-state index in [0.29, 0.717) is 25.3 Å². The molecule has 156 valence electrons. The van der Waals surface area contributed by atoms with E-state index in [2.05, 4.69) is 15.0 Å². The SMILES string of the molecule is Cn1ncnc1N1CCC2(CC1)CC(O)CN(C(=O)COc1ccc(F)cc1)C2. The number of piperidine rings is 2. The fraction of sp³-hybridized carbons (Fsp3) is 0.550. The van der Waals surface area contributed by atoms with Crippen molar-refractivity contribution in [1.82, 2.24) is 19.7 Å². The van der Waals surface area contributed by atoms with Gasteiger partial charge in [-0.25, -0.2) is 9.07 Å². The number of β-amino-alcohol motifs (C(OH)–C–C–N with tert-alkyl or cyclic N) is 1. The van der Waals surface area contributed by atoms with Gasteiger partial charge in [0.15, 0.2) is 6.61 Å². The third kappa shape index (κ3) is 4.34. The highest BCUT2D eigenvalue weighted by Gasteiger charge is 2.43. The topological polar surface area (TPSA) is 83.7 Å². The molecule has 0 saturated carbocycles. The summed E-state index contributed by atoms with van der Waals surface area (Å²) in [6, 6.07) is 5.59. The molecule has 0 radical (unpaired) electrons. The van der Waals surface area contributed by atoms with E-state index in [1.165, 1.54) is 24.3 Å². The van der Waals surface area contributed by atoms with Crippen LogP contribution >= 0.6 is 0 Å². The molecule has 1 atom stereocenters. The van der Waals surface area contributed by atoms with Crippen LogP contribution in [0.5, 0.6) is 5.75 Å². The number of anilines is 1. The number of carbonyl (C=O) groups is 1. The molecule has 2 aliphatic heterocycles. The van der Waals surface area contributed by atoms with Gasteiger partial charge in [-0.2, -0.15) is 10.1 Å². The third-order valence-electron chi connectivity index (χ3n) is 5.95. The second kappa shape index (κ2) is 7.98. The zero-order chi connectivity index (χ0) is 20.4. The molecule has 1 aromatic heterocycles. The molecule has 3 heterocycles. The Morgan fingerprint density at radius 3 is 2.69 bits per heavy atom. The minimum atomic E-state index is -0.542. The Labute approximate surface area is 168 Å². The lowest BCUT2D eigenvalue weighted by Crippen LogP contribution is -2.56. The van der Waals surface area contributed by atoms with Gasteiger partial charge in [0.05, 0.1) is 6.10 Å². The summed E-state index contributed by atoms with van der Waals surface area (Å²) in [6.07, 6.45) is 3.45. The molecule has 1 amide bonds. The first-order valence-electron chi connectivity index (χ1n) is 9.87. The molecule has 29 heavy (non-hydrogen) atoms. The predicted octanol–water partition coefficient (Wildman–Crippen LogP) is 1.21. The minimum absolute atomic E-state index is 0.0989. The minimum Gasteiger partial charge on any atom is -0.484 e. The maximum Gasteiger partial charge on any atom is 0.260 e. The van der Waals surface area contributed by atoms with Crippen molar-refractivity contribution in [2.45, 2.75) is 25.4 Å². The molecule has 2 aliphatic rings. The van der Waals surface area contributed by atoms with E-state index < -0.39 is 6.10 Å². The van der Waals surface area contributed by atoms with Crippen molar-refractivity contribution in [2.24, 2.45) is 12.5 Å². The van der Waals surface area contributed by atoms with Crippen LogP contribution in [0.25, 0.3) is 0 Å². The van der Waals surface area contributed by atoms with Crippen LogP contribution in [0.1, 0.15) is 19.3 Å². The summed E-state index contributed by atoms with van der Waals surface area (Å²) in [6.45, 7) is 2.43. The Hall–Kier alpha value is -2.68. The van der Waals surface area contributed by atoms with Gasteiger partial charge in [-0.1, -0.05) is 0 Å². The Bertz CT molecular complexity index is 848. The maximum absolute atomic E-state index is 13.0. The largest absolute Gasteiger partial charge is 0.484 e. The molecule has 1 N–H and O–H groups in total. The lowest BCUT2D eigenvalue weighted by Gasteiger charge is -2.49. The number of hydrogen-bond acceptors (Lipinski definition) is 6. The summed E-state index contributed by atoms with van der Waals surface area (Å²) >= 11 is 0. The highest BCUT2D eigenvalue weighted by atomic mass is 19.1. The van der Waals surface area contributed by atoms with Crippen molar-refractivity contribution in [3.63, 3.8) is 0 Å². The van der Waals surface area contributed by atoms with Crippen molar-refractivity contribution in [3.05, 3.63) is 36.4 Å². The number of aromatic nitrogens is 3. The number of likely N-dealkylation sites (tertiary alicyclic amines) is 1. The van der Waals surface area contributed by atoms with Gasteiger partial charge in [0.2, 0.25) is 5.95 Å². The van der Waals surface area contributed by atoms with E-state index in [1.807, 2.05) is 7.05 Å². The number of ether oxygens (including phenoxy) is 1. The van der Waals surface area contributed by atoms with Gasteiger partial charge in [0.25, 0.3) is 5.91 Å². The first kappa shape index (κ1) is 19.6. The molecule has 2 fully saturated rings. The highest BCUT2D eigenvalue weighted by molar-refractivity contribution is 5.78. The van der Waals surface area contributed by atoms with E-state index in [9.17, 15) is 14.3 Å². The van der Waals surface area contributed by atoms with Crippen molar-refractivity contribution in [1.29, 1.82) is 0 Å². The Morgan fingerprint density at radius 1 is 1.31 bits per heavy atom. The smallest absolute Gasteiger partial charge is 0.260 e. The normalized spacial score (nSPS) is 21.4. The molecule has 0 aliphatic carbocycles. The molecular weight excluding hydrogens is 377 g/mol.